The van der Waals surface area contributed by atoms with Gasteiger partial charge in [0.15, 0.2) is 0 Å². The average molecular weight is 131 g/mol. The van der Waals surface area contributed by atoms with E-state index in [1.54, 1.807) is 0 Å². The summed E-state index contributed by atoms with van der Waals surface area (Å²) in [5.74, 6) is 4.76. The van der Waals surface area contributed by atoms with Gasteiger partial charge in [-0.05, 0) is 13.3 Å². The summed E-state index contributed by atoms with van der Waals surface area (Å²) in [5, 5.41) is 6.67. The Balaban J connectivity index is 2.75. The minimum absolute atomic E-state index is 0.663. The van der Waals surface area contributed by atoms with E-state index >= 15 is 0 Å². The Hall–Kier alpha value is -0.640. The standard InChI is InChI=1S/C5H13N3O/c1-2-9-5-3-4-7-8-6/h2-5H2,1H3,(H2,6,7). The summed E-state index contributed by atoms with van der Waals surface area (Å²) in [6, 6.07) is 0. The highest BCUT2D eigenvalue weighted by molar-refractivity contribution is 4.37. The Morgan fingerprint density at radius 3 is 2.89 bits per heavy atom. The molecule has 0 amide bonds. The predicted molar refractivity (Wildman–Crippen MR) is 35.0 cm³/mol. The van der Waals surface area contributed by atoms with Crippen LogP contribution in [0, 0.1) is 0 Å². The first-order valence-electron chi connectivity index (χ1n) is 3.06. The van der Waals surface area contributed by atoms with Crippen LogP contribution < -0.4 is 5.84 Å². The molecular weight excluding hydrogens is 118 g/mol. The largest absolute Gasteiger partial charge is 0.382 e. The lowest BCUT2D eigenvalue weighted by Crippen LogP contribution is -1.95. The van der Waals surface area contributed by atoms with Gasteiger partial charge in [-0.3, -0.25) is 0 Å². The topological polar surface area (TPSA) is 60.0 Å². The normalized spacial score (nSPS) is 10.8. The van der Waals surface area contributed by atoms with Crippen LogP contribution in [0.15, 0.2) is 10.3 Å². The predicted octanol–water partition coefficient (Wildman–Crippen LogP) is 0.739. The first kappa shape index (κ1) is 8.36. The van der Waals surface area contributed by atoms with E-state index < -0.39 is 0 Å². The summed E-state index contributed by atoms with van der Waals surface area (Å²) in [6.07, 6.45) is 0.897. The summed E-state index contributed by atoms with van der Waals surface area (Å²) < 4.78 is 5.04. The zero-order valence-corrected chi connectivity index (χ0v) is 5.71. The van der Waals surface area contributed by atoms with Crippen molar-refractivity contribution in [1.82, 2.24) is 0 Å². The van der Waals surface area contributed by atoms with Gasteiger partial charge in [0.1, 0.15) is 0 Å². The Labute approximate surface area is 55.1 Å². The van der Waals surface area contributed by atoms with Gasteiger partial charge in [-0.25, -0.2) is 0 Å². The molecule has 0 bridgehead atoms. The molecule has 0 aliphatic carbocycles. The monoisotopic (exact) mass is 131 g/mol. The summed E-state index contributed by atoms with van der Waals surface area (Å²) >= 11 is 0. The van der Waals surface area contributed by atoms with Crippen LogP contribution in [0.25, 0.3) is 0 Å². The van der Waals surface area contributed by atoms with Gasteiger partial charge in [0.05, 0.1) is 6.54 Å². The smallest absolute Gasteiger partial charge is 0.0642 e. The van der Waals surface area contributed by atoms with Gasteiger partial charge >= 0.3 is 0 Å². The molecule has 4 nitrogen and oxygen atoms in total. The summed E-state index contributed by atoms with van der Waals surface area (Å²) in [6.45, 7) is 4.14. The van der Waals surface area contributed by atoms with E-state index in [1.165, 1.54) is 0 Å². The molecule has 0 aliphatic heterocycles. The minimum Gasteiger partial charge on any atom is -0.382 e. The molecule has 9 heavy (non-hydrogen) atoms. The lowest BCUT2D eigenvalue weighted by atomic mass is 10.5. The molecule has 0 aromatic heterocycles. The first-order valence-corrected chi connectivity index (χ1v) is 3.06. The van der Waals surface area contributed by atoms with Crippen molar-refractivity contribution in [2.24, 2.45) is 16.2 Å². The highest BCUT2D eigenvalue weighted by Gasteiger charge is 1.82. The van der Waals surface area contributed by atoms with E-state index in [2.05, 4.69) is 10.3 Å². The summed E-state index contributed by atoms with van der Waals surface area (Å²) in [5.41, 5.74) is 0. The van der Waals surface area contributed by atoms with Gasteiger partial charge in [-0.1, -0.05) is 5.22 Å². The van der Waals surface area contributed by atoms with Crippen molar-refractivity contribution in [2.75, 3.05) is 19.8 Å². The lowest BCUT2D eigenvalue weighted by molar-refractivity contribution is 0.146. The molecule has 0 fully saturated rings. The molecule has 0 aromatic rings. The van der Waals surface area contributed by atoms with Crippen LogP contribution in [-0.4, -0.2) is 19.8 Å². The Kier molecular flexibility index (Phi) is 6.84. The quantitative estimate of drug-likeness (QED) is 0.259. The highest BCUT2D eigenvalue weighted by atomic mass is 16.5. The van der Waals surface area contributed by atoms with Crippen molar-refractivity contribution in [2.45, 2.75) is 13.3 Å². The molecule has 0 radical (unpaired) electrons. The number of nitrogens with zero attached hydrogens (tertiary/aromatic N) is 2. The third-order valence-corrected chi connectivity index (χ3v) is 0.833. The fourth-order valence-electron chi connectivity index (χ4n) is 0.439. The number of hydrogen-bond donors (Lipinski definition) is 1. The zero-order valence-electron chi connectivity index (χ0n) is 5.71. The van der Waals surface area contributed by atoms with Crippen LogP contribution in [0.4, 0.5) is 0 Å². The van der Waals surface area contributed by atoms with E-state index in [4.69, 9.17) is 10.6 Å². The molecule has 0 rings (SSSR count). The zero-order chi connectivity index (χ0) is 6.95. The van der Waals surface area contributed by atoms with E-state index in [-0.39, 0.29) is 0 Å². The maximum atomic E-state index is 5.04. The first-order chi connectivity index (χ1) is 4.41. The summed E-state index contributed by atoms with van der Waals surface area (Å²) in [7, 11) is 0. The van der Waals surface area contributed by atoms with Crippen LogP contribution >= 0.6 is 0 Å². The summed E-state index contributed by atoms with van der Waals surface area (Å²) in [4.78, 5) is 0. The van der Waals surface area contributed by atoms with Crippen molar-refractivity contribution < 1.29 is 4.74 Å². The molecule has 0 unspecified atom stereocenters. The van der Waals surface area contributed by atoms with Crippen molar-refractivity contribution in [3.63, 3.8) is 0 Å². The van der Waals surface area contributed by atoms with Gasteiger partial charge < -0.3 is 10.6 Å². The minimum atomic E-state index is 0.663. The van der Waals surface area contributed by atoms with Crippen LogP contribution in [-0.2, 0) is 4.74 Å². The molecule has 0 spiro atoms. The Morgan fingerprint density at radius 1 is 1.56 bits per heavy atom. The van der Waals surface area contributed by atoms with E-state index in [9.17, 15) is 0 Å². The molecule has 0 saturated heterocycles. The van der Waals surface area contributed by atoms with E-state index in [0.29, 0.717) is 6.54 Å². The van der Waals surface area contributed by atoms with Crippen molar-refractivity contribution in [3.8, 4) is 0 Å². The fraction of sp³-hybridized carbons (Fsp3) is 1.00. The van der Waals surface area contributed by atoms with Crippen LogP contribution in [0.3, 0.4) is 0 Å². The number of ether oxygens (including phenoxy) is 1. The Bertz CT molecular complexity index is 74.6. The van der Waals surface area contributed by atoms with Gasteiger partial charge in [0.2, 0.25) is 0 Å². The molecule has 0 aliphatic rings. The van der Waals surface area contributed by atoms with Gasteiger partial charge in [-0.2, -0.15) is 5.11 Å². The number of rotatable bonds is 5. The SMILES string of the molecule is CCOCCCN=NN. The maximum absolute atomic E-state index is 5.04. The van der Waals surface area contributed by atoms with E-state index in [0.717, 1.165) is 19.6 Å². The number of nitrogens with two attached hydrogens (primary N) is 1. The Morgan fingerprint density at radius 2 is 2.33 bits per heavy atom. The van der Waals surface area contributed by atoms with Crippen molar-refractivity contribution in [3.05, 3.63) is 0 Å². The number of hydrogen-bond acceptors (Lipinski definition) is 3. The molecule has 0 atom stereocenters. The molecular formula is C5H13N3O. The molecule has 0 aromatic carbocycles. The lowest BCUT2D eigenvalue weighted by Gasteiger charge is -1.95. The van der Waals surface area contributed by atoms with Crippen molar-refractivity contribution >= 4 is 0 Å². The van der Waals surface area contributed by atoms with Gasteiger partial charge in [-0.15, -0.1) is 0 Å². The third-order valence-electron chi connectivity index (χ3n) is 0.833. The fourth-order valence-corrected chi connectivity index (χ4v) is 0.439. The second kappa shape index (κ2) is 7.36. The molecule has 4 heteroatoms. The van der Waals surface area contributed by atoms with Gasteiger partial charge in [0, 0.05) is 13.2 Å². The van der Waals surface area contributed by atoms with Crippen LogP contribution in [0.1, 0.15) is 13.3 Å². The van der Waals surface area contributed by atoms with Crippen LogP contribution in [0.5, 0.6) is 0 Å². The molecule has 2 N–H and O–H groups in total. The highest BCUT2D eigenvalue weighted by Crippen LogP contribution is 1.82. The second-order valence-electron chi connectivity index (χ2n) is 1.53. The average Bonchev–Trinajstić information content (AvgIpc) is 1.89. The van der Waals surface area contributed by atoms with E-state index in [1.807, 2.05) is 6.92 Å². The second-order valence-corrected chi connectivity index (χ2v) is 1.53. The van der Waals surface area contributed by atoms with Crippen molar-refractivity contribution in [1.29, 1.82) is 0 Å². The van der Waals surface area contributed by atoms with Crippen LogP contribution in [0.2, 0.25) is 0 Å². The molecule has 0 saturated carbocycles. The maximum Gasteiger partial charge on any atom is 0.0642 e. The third kappa shape index (κ3) is 7.36. The van der Waals surface area contributed by atoms with Gasteiger partial charge in [0.25, 0.3) is 0 Å². The molecule has 0 heterocycles. The molecule has 54 valence electrons.